The third-order valence-corrected chi connectivity index (χ3v) is 4.46. The summed E-state index contributed by atoms with van der Waals surface area (Å²) >= 11 is 1.46. The lowest BCUT2D eigenvalue weighted by molar-refractivity contribution is -0.114. The Labute approximate surface area is 147 Å². The first-order valence-corrected chi connectivity index (χ1v) is 9.01. The first-order valence-electron chi connectivity index (χ1n) is 8.20. The van der Waals surface area contributed by atoms with Crippen molar-refractivity contribution in [2.75, 3.05) is 18.5 Å². The summed E-state index contributed by atoms with van der Waals surface area (Å²) in [5.74, 6) is 1.38. The van der Waals surface area contributed by atoms with E-state index in [2.05, 4.69) is 17.2 Å². The third-order valence-electron chi connectivity index (χ3n) is 3.34. The van der Waals surface area contributed by atoms with Crippen LogP contribution < -0.4 is 14.8 Å². The van der Waals surface area contributed by atoms with Crippen molar-refractivity contribution < 1.29 is 14.3 Å². The van der Waals surface area contributed by atoms with Gasteiger partial charge in [0.05, 0.1) is 23.8 Å². The number of hydrogen-bond donors (Lipinski definition) is 1. The molecular formula is C18H24N2O3S. The highest BCUT2D eigenvalue weighted by Crippen LogP contribution is 2.38. The number of aromatic nitrogens is 1. The predicted octanol–water partition coefficient (Wildman–Crippen LogP) is 4.65. The first-order chi connectivity index (χ1) is 11.5. The number of unbranched alkanes of at least 4 members (excludes halogenated alkanes) is 1. The molecule has 0 radical (unpaired) electrons. The van der Waals surface area contributed by atoms with Gasteiger partial charge in [-0.25, -0.2) is 4.98 Å². The molecule has 2 rings (SSSR count). The lowest BCUT2D eigenvalue weighted by atomic mass is 10.1. The zero-order valence-electron chi connectivity index (χ0n) is 14.6. The largest absolute Gasteiger partial charge is 0.490 e. The number of rotatable bonds is 8. The zero-order chi connectivity index (χ0) is 17.5. The standard InChI is InChI=1S/C18H24N2O3S/c1-5-7-10-23-15-9-8-14(11-16(15)22-6-2)17-12(3)19-18(24-17)20-13(4)21/h8-9,11H,5-7,10H2,1-4H3,(H,19,20,21). The fraction of sp³-hybridized carbons (Fsp3) is 0.444. The van der Waals surface area contributed by atoms with Gasteiger partial charge in [0.2, 0.25) is 5.91 Å². The van der Waals surface area contributed by atoms with E-state index in [0.29, 0.717) is 18.3 Å². The fourth-order valence-electron chi connectivity index (χ4n) is 2.23. The van der Waals surface area contributed by atoms with Crippen molar-refractivity contribution in [1.82, 2.24) is 4.98 Å². The van der Waals surface area contributed by atoms with Crippen LogP contribution in [0.4, 0.5) is 5.13 Å². The summed E-state index contributed by atoms with van der Waals surface area (Å²) < 4.78 is 11.5. The van der Waals surface area contributed by atoms with Crippen LogP contribution in [0.15, 0.2) is 18.2 Å². The minimum Gasteiger partial charge on any atom is -0.490 e. The van der Waals surface area contributed by atoms with E-state index < -0.39 is 0 Å². The van der Waals surface area contributed by atoms with Crippen molar-refractivity contribution in [3.63, 3.8) is 0 Å². The molecule has 6 heteroatoms. The maximum Gasteiger partial charge on any atom is 0.223 e. The summed E-state index contributed by atoms with van der Waals surface area (Å²) in [5.41, 5.74) is 1.89. The molecule has 0 saturated carbocycles. The Morgan fingerprint density at radius 3 is 2.71 bits per heavy atom. The lowest BCUT2D eigenvalue weighted by Crippen LogP contribution is -2.04. The van der Waals surface area contributed by atoms with Crippen molar-refractivity contribution in [3.05, 3.63) is 23.9 Å². The van der Waals surface area contributed by atoms with Gasteiger partial charge in [0.1, 0.15) is 0 Å². The van der Waals surface area contributed by atoms with Crippen LogP contribution in [0.25, 0.3) is 10.4 Å². The van der Waals surface area contributed by atoms with E-state index >= 15 is 0 Å². The molecule has 1 heterocycles. The molecule has 24 heavy (non-hydrogen) atoms. The van der Waals surface area contributed by atoms with E-state index in [9.17, 15) is 4.79 Å². The number of nitrogens with zero attached hydrogens (tertiary/aromatic N) is 1. The van der Waals surface area contributed by atoms with Crippen LogP contribution in [-0.4, -0.2) is 24.1 Å². The summed E-state index contributed by atoms with van der Waals surface area (Å²) in [6.45, 7) is 8.76. The van der Waals surface area contributed by atoms with Gasteiger partial charge in [-0.05, 0) is 44.0 Å². The molecule has 130 valence electrons. The SMILES string of the molecule is CCCCOc1ccc(-c2sc(NC(C)=O)nc2C)cc1OCC. The minimum absolute atomic E-state index is 0.120. The first kappa shape index (κ1) is 18.3. The number of nitrogens with one attached hydrogen (secondary N) is 1. The van der Waals surface area contributed by atoms with Gasteiger partial charge in [0, 0.05) is 6.92 Å². The maximum atomic E-state index is 11.2. The van der Waals surface area contributed by atoms with E-state index in [0.717, 1.165) is 40.5 Å². The quantitative estimate of drug-likeness (QED) is 0.705. The molecule has 2 aromatic rings. The topological polar surface area (TPSA) is 60.5 Å². The van der Waals surface area contributed by atoms with Crippen molar-refractivity contribution >= 4 is 22.4 Å². The van der Waals surface area contributed by atoms with Crippen LogP contribution in [0.5, 0.6) is 11.5 Å². The summed E-state index contributed by atoms with van der Waals surface area (Å²) in [4.78, 5) is 16.6. The highest BCUT2D eigenvalue weighted by molar-refractivity contribution is 7.19. The van der Waals surface area contributed by atoms with Gasteiger partial charge >= 0.3 is 0 Å². The van der Waals surface area contributed by atoms with Crippen LogP contribution >= 0.6 is 11.3 Å². The second-order valence-electron chi connectivity index (χ2n) is 5.41. The number of carbonyl (C=O) groups is 1. The number of hydrogen-bond acceptors (Lipinski definition) is 5. The Morgan fingerprint density at radius 2 is 2.04 bits per heavy atom. The smallest absolute Gasteiger partial charge is 0.223 e. The molecular weight excluding hydrogens is 324 g/mol. The summed E-state index contributed by atoms with van der Waals surface area (Å²) in [6.07, 6.45) is 2.11. The van der Waals surface area contributed by atoms with Gasteiger partial charge in [-0.3, -0.25) is 4.79 Å². The average Bonchev–Trinajstić information content (AvgIpc) is 2.89. The average molecular weight is 348 g/mol. The van der Waals surface area contributed by atoms with Crippen LogP contribution in [0.1, 0.15) is 39.3 Å². The Kier molecular flexibility index (Phi) is 6.61. The fourth-order valence-corrected chi connectivity index (χ4v) is 3.24. The molecule has 1 aromatic heterocycles. The van der Waals surface area contributed by atoms with Gasteiger partial charge in [0.15, 0.2) is 16.6 Å². The number of ether oxygens (including phenoxy) is 2. The van der Waals surface area contributed by atoms with Crippen LogP contribution in [0.3, 0.4) is 0 Å². The normalized spacial score (nSPS) is 10.5. The molecule has 1 N–H and O–H groups in total. The van der Waals surface area contributed by atoms with E-state index in [-0.39, 0.29) is 5.91 Å². The lowest BCUT2D eigenvalue weighted by Gasteiger charge is -2.13. The monoisotopic (exact) mass is 348 g/mol. The Balaban J connectivity index is 2.28. The van der Waals surface area contributed by atoms with Gasteiger partial charge in [-0.2, -0.15) is 0 Å². The maximum absolute atomic E-state index is 11.2. The summed E-state index contributed by atoms with van der Waals surface area (Å²) in [7, 11) is 0. The van der Waals surface area contributed by atoms with Crippen LogP contribution in [0.2, 0.25) is 0 Å². The molecule has 0 atom stereocenters. The Hall–Kier alpha value is -2.08. The number of benzene rings is 1. The summed E-state index contributed by atoms with van der Waals surface area (Å²) in [6, 6.07) is 5.91. The predicted molar refractivity (Wildman–Crippen MR) is 98.2 cm³/mol. The van der Waals surface area contributed by atoms with E-state index in [1.807, 2.05) is 32.0 Å². The third kappa shape index (κ3) is 4.71. The van der Waals surface area contributed by atoms with Gasteiger partial charge in [-0.1, -0.05) is 24.7 Å². The highest BCUT2D eigenvalue weighted by Gasteiger charge is 2.14. The molecule has 0 bridgehead atoms. The molecule has 0 aliphatic heterocycles. The van der Waals surface area contributed by atoms with Crippen molar-refractivity contribution in [2.45, 2.75) is 40.5 Å². The number of carbonyl (C=O) groups excluding carboxylic acids is 1. The molecule has 0 aliphatic rings. The van der Waals surface area contributed by atoms with Crippen molar-refractivity contribution in [1.29, 1.82) is 0 Å². The molecule has 0 unspecified atom stereocenters. The number of aryl methyl sites for hydroxylation is 1. The van der Waals surface area contributed by atoms with Crippen LogP contribution in [0, 0.1) is 6.92 Å². The molecule has 0 aliphatic carbocycles. The zero-order valence-corrected chi connectivity index (χ0v) is 15.5. The van der Waals surface area contributed by atoms with Gasteiger partial charge in [-0.15, -0.1) is 0 Å². The molecule has 0 fully saturated rings. The molecule has 1 aromatic carbocycles. The van der Waals surface area contributed by atoms with Crippen molar-refractivity contribution in [3.8, 4) is 21.9 Å². The van der Waals surface area contributed by atoms with Crippen LogP contribution in [-0.2, 0) is 4.79 Å². The molecule has 5 nitrogen and oxygen atoms in total. The van der Waals surface area contributed by atoms with E-state index in [1.165, 1.54) is 18.3 Å². The number of thiazole rings is 1. The second kappa shape index (κ2) is 8.68. The van der Waals surface area contributed by atoms with E-state index in [1.54, 1.807) is 0 Å². The minimum atomic E-state index is -0.120. The Bertz CT molecular complexity index is 698. The summed E-state index contributed by atoms with van der Waals surface area (Å²) in [5, 5.41) is 3.34. The highest BCUT2D eigenvalue weighted by atomic mass is 32.1. The van der Waals surface area contributed by atoms with E-state index in [4.69, 9.17) is 9.47 Å². The van der Waals surface area contributed by atoms with Gasteiger partial charge in [0.25, 0.3) is 0 Å². The molecule has 0 saturated heterocycles. The van der Waals surface area contributed by atoms with Crippen molar-refractivity contribution in [2.24, 2.45) is 0 Å². The Morgan fingerprint density at radius 1 is 1.25 bits per heavy atom. The molecule has 0 spiro atoms. The number of amides is 1. The molecule has 1 amide bonds. The number of anilines is 1. The van der Waals surface area contributed by atoms with Gasteiger partial charge < -0.3 is 14.8 Å². The second-order valence-corrected chi connectivity index (χ2v) is 6.41.